The lowest BCUT2D eigenvalue weighted by molar-refractivity contribution is 0.0629. The Bertz CT molecular complexity index is 960. The first-order valence-corrected chi connectivity index (χ1v) is 11.4. The van der Waals surface area contributed by atoms with Gasteiger partial charge in [0, 0.05) is 0 Å². The second kappa shape index (κ2) is 11.3. The number of nitriles is 2. The largest absolute Gasteiger partial charge is 0.532 e. The van der Waals surface area contributed by atoms with Gasteiger partial charge in [-0.1, -0.05) is 60.7 Å². The fraction of sp³-hybridized carbons (Fsp3) is 0.304. The van der Waals surface area contributed by atoms with Gasteiger partial charge in [-0.2, -0.15) is 10.5 Å². The smallest absolute Gasteiger partial charge is 0.465 e. The first-order valence-electron chi connectivity index (χ1n) is 9.89. The second-order valence-corrected chi connectivity index (χ2v) is 7.77. The Morgan fingerprint density at radius 1 is 0.871 bits per heavy atom. The Morgan fingerprint density at radius 3 is 1.71 bits per heavy atom. The summed E-state index contributed by atoms with van der Waals surface area (Å²) in [5.41, 5.74) is -0.674. The van der Waals surface area contributed by atoms with Gasteiger partial charge in [0.25, 0.3) is 0 Å². The zero-order valence-corrected chi connectivity index (χ0v) is 18.7. The van der Waals surface area contributed by atoms with Crippen molar-refractivity contribution < 1.29 is 22.9 Å². The zero-order chi connectivity index (χ0) is 22.7. The van der Waals surface area contributed by atoms with Gasteiger partial charge in [0.1, 0.15) is 17.1 Å². The molecule has 0 amide bonds. The summed E-state index contributed by atoms with van der Waals surface area (Å²) in [5.74, 6) is -0.371. The quantitative estimate of drug-likeness (QED) is 0.259. The van der Waals surface area contributed by atoms with E-state index in [4.69, 9.17) is 18.3 Å². The van der Waals surface area contributed by atoms with Gasteiger partial charge in [-0.3, -0.25) is 9.05 Å². The minimum atomic E-state index is -4.08. The van der Waals surface area contributed by atoms with Crippen molar-refractivity contribution in [3.63, 3.8) is 0 Å². The molecular formula is C23H25N2O5P. The van der Waals surface area contributed by atoms with E-state index in [0.717, 1.165) is 0 Å². The summed E-state index contributed by atoms with van der Waals surface area (Å²) in [5, 5.41) is 20.6. The predicted octanol–water partition coefficient (Wildman–Crippen LogP) is 5.47. The van der Waals surface area contributed by atoms with E-state index in [9.17, 15) is 15.1 Å². The van der Waals surface area contributed by atoms with Gasteiger partial charge < -0.3 is 9.26 Å². The van der Waals surface area contributed by atoms with E-state index in [2.05, 4.69) is 12.1 Å². The molecule has 0 aliphatic heterocycles. The van der Waals surface area contributed by atoms with Crippen LogP contribution < -0.4 is 0 Å². The Balaban J connectivity index is 2.84. The molecule has 31 heavy (non-hydrogen) atoms. The first-order chi connectivity index (χ1) is 15.0. The van der Waals surface area contributed by atoms with Crippen molar-refractivity contribution in [2.24, 2.45) is 0 Å². The Morgan fingerprint density at radius 2 is 1.35 bits per heavy atom. The van der Waals surface area contributed by atoms with Gasteiger partial charge in [0.2, 0.25) is 0 Å². The molecule has 2 aromatic carbocycles. The van der Waals surface area contributed by atoms with E-state index in [0.29, 0.717) is 11.1 Å². The normalized spacial score (nSPS) is 12.3. The second-order valence-electron chi connectivity index (χ2n) is 6.18. The van der Waals surface area contributed by atoms with Crippen molar-refractivity contribution in [1.29, 1.82) is 10.5 Å². The fourth-order valence-electron chi connectivity index (χ4n) is 3.08. The van der Waals surface area contributed by atoms with Crippen molar-refractivity contribution in [3.8, 4) is 12.1 Å². The summed E-state index contributed by atoms with van der Waals surface area (Å²) >= 11 is 0. The van der Waals surface area contributed by atoms with Crippen LogP contribution in [0.4, 0.5) is 0 Å². The van der Waals surface area contributed by atoms with Crippen LogP contribution in [-0.4, -0.2) is 19.8 Å². The maximum Gasteiger partial charge on any atom is 0.532 e. The van der Waals surface area contributed by atoms with Gasteiger partial charge in [0.15, 0.2) is 0 Å². The van der Waals surface area contributed by atoms with E-state index >= 15 is 0 Å². The number of hydrogen-bond acceptors (Lipinski definition) is 7. The van der Waals surface area contributed by atoms with Gasteiger partial charge in [-0.15, -0.1) is 0 Å². The average Bonchev–Trinajstić information content (AvgIpc) is 2.79. The predicted molar refractivity (Wildman–Crippen MR) is 115 cm³/mol. The average molecular weight is 440 g/mol. The fourth-order valence-corrected chi connectivity index (χ4v) is 4.24. The summed E-state index contributed by atoms with van der Waals surface area (Å²) in [7, 11) is -4.08. The van der Waals surface area contributed by atoms with E-state index in [1.807, 2.05) is 12.1 Å². The lowest BCUT2D eigenvalue weighted by atomic mass is 9.70. The minimum absolute atomic E-state index is 0.0549. The lowest BCUT2D eigenvalue weighted by Crippen LogP contribution is -2.30. The molecule has 0 aliphatic carbocycles. The number of phosphoric acid groups is 1. The molecule has 0 bridgehead atoms. The van der Waals surface area contributed by atoms with Crippen LogP contribution in [0.3, 0.4) is 0 Å². The van der Waals surface area contributed by atoms with Crippen LogP contribution in [0.25, 0.3) is 0 Å². The molecule has 2 rings (SSSR count). The van der Waals surface area contributed by atoms with Gasteiger partial charge in [0.05, 0.1) is 25.9 Å². The van der Waals surface area contributed by atoms with E-state index in [1.54, 1.807) is 69.3 Å². The SMILES string of the molecule is CCO/C(OP(=O)(OCC)OCC)=C(/C#N)C(C#N)(c1ccccc1)c1ccccc1. The lowest BCUT2D eigenvalue weighted by Gasteiger charge is -2.29. The topological polar surface area (TPSA) is 102 Å². The monoisotopic (exact) mass is 440 g/mol. The van der Waals surface area contributed by atoms with E-state index in [1.165, 1.54) is 0 Å². The molecule has 0 aliphatic rings. The van der Waals surface area contributed by atoms with Crippen LogP contribution in [0.2, 0.25) is 0 Å². The van der Waals surface area contributed by atoms with Crippen molar-refractivity contribution in [3.05, 3.63) is 83.3 Å². The molecule has 0 atom stereocenters. The van der Waals surface area contributed by atoms with Crippen LogP contribution in [0.1, 0.15) is 31.9 Å². The highest BCUT2D eigenvalue weighted by Crippen LogP contribution is 2.53. The first kappa shape index (κ1) is 24.2. The Labute approximate surface area is 183 Å². The van der Waals surface area contributed by atoms with Gasteiger partial charge in [-0.25, -0.2) is 4.57 Å². The molecule has 2 aromatic rings. The molecule has 0 saturated heterocycles. The maximum absolute atomic E-state index is 13.0. The number of allylic oxidation sites excluding steroid dienone is 1. The number of phosphoric ester groups is 1. The Hall–Kier alpha value is -3.09. The van der Waals surface area contributed by atoms with Crippen molar-refractivity contribution in [1.82, 2.24) is 0 Å². The molecule has 0 spiro atoms. The van der Waals surface area contributed by atoms with Gasteiger partial charge in [-0.05, 0) is 31.9 Å². The highest BCUT2D eigenvalue weighted by Gasteiger charge is 2.44. The van der Waals surface area contributed by atoms with Crippen LogP contribution in [-0.2, 0) is 28.3 Å². The van der Waals surface area contributed by atoms with Crippen LogP contribution in [0.5, 0.6) is 0 Å². The summed E-state index contributed by atoms with van der Waals surface area (Å²) in [6.07, 6.45) is 0. The zero-order valence-electron chi connectivity index (χ0n) is 17.8. The highest BCUT2D eigenvalue weighted by atomic mass is 31.2. The molecule has 0 saturated carbocycles. The molecule has 0 heterocycles. The molecule has 0 radical (unpaired) electrons. The molecular weight excluding hydrogens is 415 g/mol. The van der Waals surface area contributed by atoms with E-state index < -0.39 is 13.2 Å². The van der Waals surface area contributed by atoms with Crippen molar-refractivity contribution in [2.45, 2.75) is 26.2 Å². The number of hydrogen-bond donors (Lipinski definition) is 0. The number of rotatable bonds is 11. The minimum Gasteiger partial charge on any atom is -0.465 e. The molecule has 0 unspecified atom stereocenters. The molecule has 8 heteroatoms. The number of nitrogens with zero attached hydrogens (tertiary/aromatic N) is 2. The van der Waals surface area contributed by atoms with E-state index in [-0.39, 0.29) is 31.3 Å². The third kappa shape index (κ3) is 5.34. The van der Waals surface area contributed by atoms with Crippen LogP contribution >= 0.6 is 7.82 Å². The van der Waals surface area contributed by atoms with Gasteiger partial charge >= 0.3 is 13.8 Å². The van der Waals surface area contributed by atoms with Crippen LogP contribution in [0, 0.1) is 22.7 Å². The molecule has 0 N–H and O–H groups in total. The summed E-state index contributed by atoms with van der Waals surface area (Å²) in [4.78, 5) is 0. The number of benzene rings is 2. The van der Waals surface area contributed by atoms with Crippen molar-refractivity contribution >= 4 is 7.82 Å². The molecule has 0 aromatic heterocycles. The van der Waals surface area contributed by atoms with Crippen molar-refractivity contribution in [2.75, 3.05) is 19.8 Å². The molecule has 162 valence electrons. The highest BCUT2D eigenvalue weighted by molar-refractivity contribution is 7.48. The number of ether oxygens (including phenoxy) is 1. The Kier molecular flexibility index (Phi) is 8.85. The maximum atomic E-state index is 13.0. The molecule has 0 fully saturated rings. The molecule has 7 nitrogen and oxygen atoms in total. The third-order valence-electron chi connectivity index (χ3n) is 4.32. The standard InChI is InChI=1S/C23H25N2O5P/c1-4-27-22(30-31(26,28-5-2)29-6-3)21(17-24)23(18-25,19-13-9-7-10-14-19)20-15-11-8-12-16-20/h7-16H,4-6H2,1-3H3/b22-21+. The summed E-state index contributed by atoms with van der Waals surface area (Å²) < 4.78 is 34.6. The summed E-state index contributed by atoms with van der Waals surface area (Å²) in [6.45, 7) is 5.17. The third-order valence-corrected chi connectivity index (χ3v) is 5.86. The van der Waals surface area contributed by atoms with Crippen LogP contribution in [0.15, 0.2) is 72.2 Å². The summed E-state index contributed by atoms with van der Waals surface area (Å²) in [6, 6.07) is 22.0.